The van der Waals surface area contributed by atoms with Gasteiger partial charge in [-0.05, 0) is 18.2 Å². The summed E-state index contributed by atoms with van der Waals surface area (Å²) in [6.07, 6.45) is 2.24. The molecule has 5 nitrogen and oxygen atoms in total. The Kier molecular flexibility index (Phi) is 2.29. The average Bonchev–Trinajstić information content (AvgIpc) is 2.77. The topological polar surface area (TPSA) is 68.3 Å². The number of nitrogens with zero attached hydrogens (tertiary/aromatic N) is 2. The molecular formula is C10H10N2O3. The highest BCUT2D eigenvalue weighted by atomic mass is 16.4. The van der Waals surface area contributed by atoms with Crippen LogP contribution in [0.25, 0.3) is 0 Å². The van der Waals surface area contributed by atoms with E-state index >= 15 is 0 Å². The van der Waals surface area contributed by atoms with Gasteiger partial charge in [-0.25, -0.2) is 4.79 Å². The van der Waals surface area contributed by atoms with Gasteiger partial charge in [0.05, 0.1) is 0 Å². The first-order valence-electron chi connectivity index (χ1n) is 4.45. The number of carboxylic acids is 1. The van der Waals surface area contributed by atoms with E-state index in [-0.39, 0.29) is 5.76 Å². The largest absolute Gasteiger partial charge is 0.475 e. The Morgan fingerprint density at radius 1 is 1.53 bits per heavy atom. The van der Waals surface area contributed by atoms with E-state index in [4.69, 9.17) is 9.52 Å². The van der Waals surface area contributed by atoms with Crippen molar-refractivity contribution in [1.29, 1.82) is 0 Å². The van der Waals surface area contributed by atoms with Crippen LogP contribution in [0.4, 0.5) is 0 Å². The van der Waals surface area contributed by atoms with Crippen molar-refractivity contribution in [2.45, 2.75) is 6.42 Å². The monoisotopic (exact) mass is 206 g/mol. The van der Waals surface area contributed by atoms with Gasteiger partial charge in [0.25, 0.3) is 0 Å². The van der Waals surface area contributed by atoms with Gasteiger partial charge in [0.2, 0.25) is 5.76 Å². The van der Waals surface area contributed by atoms with Crippen molar-refractivity contribution >= 4 is 5.97 Å². The third-order valence-electron chi connectivity index (χ3n) is 2.15. The second-order valence-corrected chi connectivity index (χ2v) is 3.19. The summed E-state index contributed by atoms with van der Waals surface area (Å²) < 4.78 is 6.86. The molecule has 2 rings (SSSR count). The number of carbonyl (C=O) groups is 1. The molecule has 0 spiro atoms. The fourth-order valence-electron chi connectivity index (χ4n) is 1.34. The van der Waals surface area contributed by atoms with E-state index in [1.54, 1.807) is 16.9 Å². The summed E-state index contributed by atoms with van der Waals surface area (Å²) in [5.74, 6) is -0.463. The van der Waals surface area contributed by atoms with Crippen LogP contribution in [-0.4, -0.2) is 20.9 Å². The number of carboxylic acid groups (broad SMARTS) is 1. The van der Waals surface area contributed by atoms with Crippen molar-refractivity contribution in [2.75, 3.05) is 0 Å². The van der Waals surface area contributed by atoms with Crippen molar-refractivity contribution in [3.8, 4) is 0 Å². The molecule has 0 atom stereocenters. The van der Waals surface area contributed by atoms with Gasteiger partial charge in [-0.3, -0.25) is 4.68 Å². The number of aromatic carboxylic acids is 1. The smallest absolute Gasteiger partial charge is 0.371 e. The Bertz CT molecular complexity index is 484. The second-order valence-electron chi connectivity index (χ2n) is 3.19. The molecule has 5 heteroatoms. The number of rotatable bonds is 3. The molecule has 0 saturated carbocycles. The zero-order valence-corrected chi connectivity index (χ0v) is 8.17. The lowest BCUT2D eigenvalue weighted by Gasteiger charge is -1.98. The van der Waals surface area contributed by atoms with Crippen LogP contribution >= 0.6 is 0 Å². The molecule has 0 fully saturated rings. The molecule has 0 amide bonds. The van der Waals surface area contributed by atoms with Crippen molar-refractivity contribution in [3.63, 3.8) is 0 Å². The fourth-order valence-corrected chi connectivity index (χ4v) is 1.34. The second kappa shape index (κ2) is 3.61. The number of aryl methyl sites for hydroxylation is 1. The van der Waals surface area contributed by atoms with Crippen molar-refractivity contribution in [1.82, 2.24) is 9.78 Å². The SMILES string of the molecule is Cn1nccc1Cc1ccc(C(=O)O)o1. The molecule has 2 aromatic heterocycles. The molecule has 78 valence electrons. The van der Waals surface area contributed by atoms with Gasteiger partial charge < -0.3 is 9.52 Å². The maximum Gasteiger partial charge on any atom is 0.371 e. The van der Waals surface area contributed by atoms with Crippen LogP contribution < -0.4 is 0 Å². The summed E-state index contributed by atoms with van der Waals surface area (Å²) in [5, 5.41) is 12.7. The Balaban J connectivity index is 2.18. The third kappa shape index (κ3) is 1.90. The molecular weight excluding hydrogens is 196 g/mol. The molecule has 0 aliphatic carbocycles. The molecule has 0 aliphatic rings. The maximum atomic E-state index is 10.6. The summed E-state index contributed by atoms with van der Waals surface area (Å²) in [4.78, 5) is 10.6. The predicted molar refractivity (Wildman–Crippen MR) is 51.7 cm³/mol. The van der Waals surface area contributed by atoms with Crippen LogP contribution in [0.1, 0.15) is 22.0 Å². The molecule has 0 saturated heterocycles. The van der Waals surface area contributed by atoms with E-state index in [1.165, 1.54) is 6.07 Å². The third-order valence-corrected chi connectivity index (χ3v) is 2.15. The predicted octanol–water partition coefficient (Wildman–Crippen LogP) is 1.30. The number of aromatic nitrogens is 2. The van der Waals surface area contributed by atoms with Crippen LogP contribution in [-0.2, 0) is 13.5 Å². The highest BCUT2D eigenvalue weighted by molar-refractivity contribution is 5.84. The van der Waals surface area contributed by atoms with Gasteiger partial charge in [-0.15, -0.1) is 0 Å². The normalized spacial score (nSPS) is 10.5. The van der Waals surface area contributed by atoms with Crippen LogP contribution in [0.2, 0.25) is 0 Å². The van der Waals surface area contributed by atoms with Gasteiger partial charge >= 0.3 is 5.97 Å². The summed E-state index contributed by atoms with van der Waals surface area (Å²) in [5.41, 5.74) is 0.973. The lowest BCUT2D eigenvalue weighted by atomic mass is 10.2. The van der Waals surface area contributed by atoms with E-state index in [9.17, 15) is 4.79 Å². The average molecular weight is 206 g/mol. The van der Waals surface area contributed by atoms with Gasteiger partial charge in [0.15, 0.2) is 0 Å². The zero-order chi connectivity index (χ0) is 10.8. The first-order valence-corrected chi connectivity index (χ1v) is 4.45. The summed E-state index contributed by atoms with van der Waals surface area (Å²) in [6, 6.07) is 4.98. The number of hydrogen-bond acceptors (Lipinski definition) is 3. The summed E-state index contributed by atoms with van der Waals surface area (Å²) in [7, 11) is 1.83. The first kappa shape index (κ1) is 9.51. The highest BCUT2D eigenvalue weighted by Gasteiger charge is 2.10. The van der Waals surface area contributed by atoms with E-state index < -0.39 is 5.97 Å². The summed E-state index contributed by atoms with van der Waals surface area (Å²) >= 11 is 0. The van der Waals surface area contributed by atoms with Gasteiger partial charge in [0, 0.05) is 25.4 Å². The molecule has 0 radical (unpaired) electrons. The van der Waals surface area contributed by atoms with Crippen LogP contribution in [0.15, 0.2) is 28.8 Å². The first-order chi connectivity index (χ1) is 7.16. The molecule has 1 N–H and O–H groups in total. The maximum absolute atomic E-state index is 10.6. The minimum atomic E-state index is -1.05. The van der Waals surface area contributed by atoms with E-state index in [0.717, 1.165) is 5.69 Å². The van der Waals surface area contributed by atoms with Crippen molar-refractivity contribution in [2.24, 2.45) is 7.05 Å². The molecule has 2 aromatic rings. The minimum absolute atomic E-state index is 0.0350. The van der Waals surface area contributed by atoms with E-state index in [2.05, 4.69) is 5.10 Å². The Labute approximate surface area is 85.9 Å². The van der Waals surface area contributed by atoms with Crippen molar-refractivity contribution < 1.29 is 14.3 Å². The highest BCUT2D eigenvalue weighted by Crippen LogP contribution is 2.12. The minimum Gasteiger partial charge on any atom is -0.475 e. The standard InChI is InChI=1S/C10H10N2O3/c1-12-7(4-5-11-12)6-8-2-3-9(15-8)10(13)14/h2-5H,6H2,1H3,(H,13,14). The molecule has 0 aromatic carbocycles. The van der Waals surface area contributed by atoms with Gasteiger partial charge in [-0.1, -0.05) is 0 Å². The quantitative estimate of drug-likeness (QED) is 0.821. The van der Waals surface area contributed by atoms with Crippen LogP contribution in [0.3, 0.4) is 0 Å². The van der Waals surface area contributed by atoms with Gasteiger partial charge in [-0.2, -0.15) is 5.10 Å². The van der Waals surface area contributed by atoms with E-state index in [0.29, 0.717) is 12.2 Å². The Morgan fingerprint density at radius 2 is 2.33 bits per heavy atom. The molecule has 15 heavy (non-hydrogen) atoms. The molecule has 0 bridgehead atoms. The Morgan fingerprint density at radius 3 is 2.87 bits per heavy atom. The summed E-state index contributed by atoms with van der Waals surface area (Å²) in [6.45, 7) is 0. The molecule has 0 aliphatic heterocycles. The Hall–Kier alpha value is -2.04. The molecule has 2 heterocycles. The lowest BCUT2D eigenvalue weighted by molar-refractivity contribution is 0.0660. The zero-order valence-electron chi connectivity index (χ0n) is 8.17. The van der Waals surface area contributed by atoms with Crippen molar-refractivity contribution in [3.05, 3.63) is 41.6 Å². The van der Waals surface area contributed by atoms with Gasteiger partial charge in [0.1, 0.15) is 5.76 Å². The fraction of sp³-hybridized carbons (Fsp3) is 0.200. The molecule has 0 unspecified atom stereocenters. The van der Waals surface area contributed by atoms with Crippen LogP contribution in [0.5, 0.6) is 0 Å². The van der Waals surface area contributed by atoms with E-state index in [1.807, 2.05) is 13.1 Å². The van der Waals surface area contributed by atoms with Crippen LogP contribution in [0, 0.1) is 0 Å². The lowest BCUT2D eigenvalue weighted by Crippen LogP contribution is -1.98. The number of furan rings is 1. The number of hydrogen-bond donors (Lipinski definition) is 1.